The van der Waals surface area contributed by atoms with Crippen molar-refractivity contribution in [2.75, 3.05) is 13.1 Å². The van der Waals surface area contributed by atoms with Gasteiger partial charge in [-0.25, -0.2) is 0 Å². The van der Waals surface area contributed by atoms with Gasteiger partial charge in [0, 0.05) is 37.8 Å². The molecule has 142 valence electrons. The Morgan fingerprint density at radius 2 is 1.82 bits per heavy atom. The molecule has 5 nitrogen and oxygen atoms in total. The lowest BCUT2D eigenvalue weighted by molar-refractivity contribution is -0.128. The van der Waals surface area contributed by atoms with E-state index in [1.165, 1.54) is 22.0 Å². The number of amides is 2. The largest absolute Gasteiger partial charge is 0.343 e. The van der Waals surface area contributed by atoms with Crippen molar-refractivity contribution in [3.8, 4) is 0 Å². The van der Waals surface area contributed by atoms with Crippen LogP contribution in [0, 0.1) is 5.41 Å². The standard InChI is InChI=1S/C23H23N3O2/c27-21-13-23(22(28)24-21)9-11-25(16-23)14-18-6-7-19-8-10-26(20(19)12-18)15-17-4-2-1-3-5-17/h1-8,10,12H,9,11,13-16H2,(H,24,27,28)/t23-/m0/s1. The van der Waals surface area contributed by atoms with Gasteiger partial charge in [0.2, 0.25) is 11.8 Å². The van der Waals surface area contributed by atoms with E-state index in [1.807, 2.05) is 6.07 Å². The number of aromatic nitrogens is 1. The first-order chi connectivity index (χ1) is 13.6. The van der Waals surface area contributed by atoms with Gasteiger partial charge in [-0.1, -0.05) is 42.5 Å². The van der Waals surface area contributed by atoms with Gasteiger partial charge in [-0.2, -0.15) is 0 Å². The number of nitrogens with zero attached hydrogens (tertiary/aromatic N) is 2. The molecule has 0 saturated carbocycles. The van der Waals surface area contributed by atoms with E-state index in [4.69, 9.17) is 0 Å². The van der Waals surface area contributed by atoms with Gasteiger partial charge in [0.15, 0.2) is 0 Å². The van der Waals surface area contributed by atoms with Gasteiger partial charge in [0.05, 0.1) is 5.41 Å². The van der Waals surface area contributed by atoms with Crippen LogP contribution in [-0.4, -0.2) is 34.4 Å². The highest BCUT2D eigenvalue weighted by molar-refractivity contribution is 6.06. The molecule has 2 amide bonds. The average molecular weight is 373 g/mol. The Morgan fingerprint density at radius 3 is 2.61 bits per heavy atom. The third-order valence-electron chi connectivity index (χ3n) is 6.11. The van der Waals surface area contributed by atoms with Crippen LogP contribution in [0.15, 0.2) is 60.8 Å². The third-order valence-corrected chi connectivity index (χ3v) is 6.11. The van der Waals surface area contributed by atoms with Gasteiger partial charge in [0.25, 0.3) is 0 Å². The first kappa shape index (κ1) is 17.2. The maximum absolute atomic E-state index is 12.2. The number of hydrogen-bond donors (Lipinski definition) is 1. The highest BCUT2D eigenvalue weighted by Gasteiger charge is 2.50. The second-order valence-corrected chi connectivity index (χ2v) is 8.12. The second-order valence-electron chi connectivity index (χ2n) is 8.12. The molecular weight excluding hydrogens is 350 g/mol. The molecule has 0 unspecified atom stereocenters. The van der Waals surface area contributed by atoms with E-state index in [1.54, 1.807) is 0 Å². The van der Waals surface area contributed by atoms with Crippen LogP contribution in [-0.2, 0) is 22.7 Å². The fourth-order valence-electron chi connectivity index (χ4n) is 4.62. The lowest BCUT2D eigenvalue weighted by Gasteiger charge is -2.20. The summed E-state index contributed by atoms with van der Waals surface area (Å²) in [5.74, 6) is -0.223. The van der Waals surface area contributed by atoms with Crippen LogP contribution in [0.2, 0.25) is 0 Å². The van der Waals surface area contributed by atoms with Gasteiger partial charge >= 0.3 is 0 Å². The van der Waals surface area contributed by atoms with E-state index in [0.717, 1.165) is 26.1 Å². The van der Waals surface area contributed by atoms with Crippen molar-refractivity contribution in [3.63, 3.8) is 0 Å². The summed E-state index contributed by atoms with van der Waals surface area (Å²) in [6.45, 7) is 3.16. The number of hydrogen-bond acceptors (Lipinski definition) is 3. The highest BCUT2D eigenvalue weighted by atomic mass is 16.2. The number of rotatable bonds is 4. The van der Waals surface area contributed by atoms with Crippen LogP contribution >= 0.6 is 0 Å². The number of nitrogens with one attached hydrogen (secondary N) is 1. The van der Waals surface area contributed by atoms with Crippen molar-refractivity contribution in [1.29, 1.82) is 0 Å². The van der Waals surface area contributed by atoms with Gasteiger partial charge in [0.1, 0.15) is 0 Å². The summed E-state index contributed by atoms with van der Waals surface area (Å²) in [4.78, 5) is 26.1. The van der Waals surface area contributed by atoms with Crippen LogP contribution in [0.1, 0.15) is 24.0 Å². The van der Waals surface area contributed by atoms with Crippen LogP contribution in [0.5, 0.6) is 0 Å². The summed E-state index contributed by atoms with van der Waals surface area (Å²) in [7, 11) is 0. The quantitative estimate of drug-likeness (QED) is 0.716. The monoisotopic (exact) mass is 373 g/mol. The maximum Gasteiger partial charge on any atom is 0.234 e. The van der Waals surface area contributed by atoms with Crippen LogP contribution in [0.25, 0.3) is 10.9 Å². The summed E-state index contributed by atoms with van der Waals surface area (Å²) in [5.41, 5.74) is 3.24. The molecule has 5 rings (SSSR count). The molecule has 2 aliphatic rings. The number of benzene rings is 2. The van der Waals surface area contributed by atoms with Crippen LogP contribution < -0.4 is 5.32 Å². The summed E-state index contributed by atoms with van der Waals surface area (Å²) < 4.78 is 2.28. The maximum atomic E-state index is 12.2. The van der Waals surface area contributed by atoms with E-state index in [-0.39, 0.29) is 11.8 Å². The van der Waals surface area contributed by atoms with Crippen molar-refractivity contribution in [1.82, 2.24) is 14.8 Å². The predicted molar refractivity (Wildman–Crippen MR) is 108 cm³/mol. The number of carbonyl (C=O) groups is 2. The average Bonchev–Trinajstić information content (AvgIpc) is 3.35. The van der Waals surface area contributed by atoms with E-state index in [9.17, 15) is 9.59 Å². The Labute approximate surface area is 163 Å². The van der Waals surface area contributed by atoms with Gasteiger partial charge in [-0.15, -0.1) is 0 Å². The minimum atomic E-state index is -0.505. The molecule has 28 heavy (non-hydrogen) atoms. The molecule has 2 fully saturated rings. The Bertz CT molecular complexity index is 1060. The lowest BCUT2D eigenvalue weighted by Crippen LogP contribution is -2.34. The van der Waals surface area contributed by atoms with Gasteiger partial charge in [-0.05, 0) is 41.6 Å². The molecule has 1 atom stereocenters. The van der Waals surface area contributed by atoms with Crippen LogP contribution in [0.3, 0.4) is 0 Å². The molecule has 1 N–H and O–H groups in total. The predicted octanol–water partition coefficient (Wildman–Crippen LogP) is 2.93. The smallest absolute Gasteiger partial charge is 0.234 e. The zero-order valence-corrected chi connectivity index (χ0v) is 15.7. The molecule has 2 aliphatic heterocycles. The third kappa shape index (κ3) is 3.02. The zero-order chi connectivity index (χ0) is 19.1. The summed E-state index contributed by atoms with van der Waals surface area (Å²) in [5, 5.41) is 3.71. The molecule has 0 radical (unpaired) electrons. The number of imide groups is 1. The number of fused-ring (bicyclic) bond motifs is 1. The van der Waals surface area contributed by atoms with E-state index >= 15 is 0 Å². The van der Waals surface area contributed by atoms with E-state index in [0.29, 0.717) is 13.0 Å². The van der Waals surface area contributed by atoms with Crippen molar-refractivity contribution in [2.45, 2.75) is 25.9 Å². The Balaban J connectivity index is 1.35. The molecule has 1 spiro atoms. The lowest BCUT2D eigenvalue weighted by atomic mass is 9.85. The van der Waals surface area contributed by atoms with Gasteiger partial charge < -0.3 is 4.57 Å². The topological polar surface area (TPSA) is 54.3 Å². The molecule has 5 heteroatoms. The fourth-order valence-corrected chi connectivity index (χ4v) is 4.62. The Kier molecular flexibility index (Phi) is 4.05. The van der Waals surface area contributed by atoms with Crippen molar-refractivity contribution >= 4 is 22.7 Å². The number of carbonyl (C=O) groups excluding carboxylic acids is 2. The van der Waals surface area contributed by atoms with E-state index in [2.05, 4.69) is 69.5 Å². The van der Waals surface area contributed by atoms with Crippen molar-refractivity contribution in [3.05, 3.63) is 71.9 Å². The second kappa shape index (κ2) is 6.60. The minimum Gasteiger partial charge on any atom is -0.343 e. The molecule has 0 bridgehead atoms. The fraction of sp³-hybridized carbons (Fsp3) is 0.304. The SMILES string of the molecule is O=C1C[C@]2(CCN(Cc3ccc4ccn(Cc5ccccc5)c4c3)C2)C(=O)N1. The summed E-state index contributed by atoms with van der Waals surface area (Å²) in [6, 6.07) is 19.2. The minimum absolute atomic E-state index is 0.0906. The Hall–Kier alpha value is -2.92. The Morgan fingerprint density at radius 1 is 0.964 bits per heavy atom. The number of likely N-dealkylation sites (tertiary alicyclic amines) is 1. The molecular formula is C23H23N3O2. The van der Waals surface area contributed by atoms with E-state index < -0.39 is 5.41 Å². The highest BCUT2D eigenvalue weighted by Crippen LogP contribution is 2.38. The molecule has 2 aromatic carbocycles. The molecule has 3 heterocycles. The summed E-state index contributed by atoms with van der Waals surface area (Å²) in [6.07, 6.45) is 3.24. The normalized spacial score (nSPS) is 22.4. The van der Waals surface area contributed by atoms with Crippen molar-refractivity contribution in [2.24, 2.45) is 5.41 Å². The molecule has 2 saturated heterocycles. The zero-order valence-electron chi connectivity index (χ0n) is 15.7. The molecule has 3 aromatic rings. The van der Waals surface area contributed by atoms with Crippen molar-refractivity contribution < 1.29 is 9.59 Å². The first-order valence-electron chi connectivity index (χ1n) is 9.80. The summed E-state index contributed by atoms with van der Waals surface area (Å²) >= 11 is 0. The molecule has 0 aliphatic carbocycles. The van der Waals surface area contributed by atoms with Crippen LogP contribution in [0.4, 0.5) is 0 Å². The van der Waals surface area contributed by atoms with Gasteiger partial charge in [-0.3, -0.25) is 19.8 Å². The first-order valence-corrected chi connectivity index (χ1v) is 9.80. The molecule has 1 aromatic heterocycles.